The number of carboxylic acid groups (broad SMARTS) is 1. The minimum Gasteiger partial charge on any atom is -0.481 e. The van der Waals surface area contributed by atoms with Crippen LogP contribution in [0.25, 0.3) is 0 Å². The summed E-state index contributed by atoms with van der Waals surface area (Å²) in [5.74, 6) is -0.653. The molecule has 0 saturated carbocycles. The molecule has 0 aliphatic rings. The first-order valence-electron chi connectivity index (χ1n) is 11.6. The summed E-state index contributed by atoms with van der Waals surface area (Å²) >= 11 is 0. The molecule has 0 bridgehead atoms. The minimum atomic E-state index is -0.653. The van der Waals surface area contributed by atoms with Crippen LogP contribution in [0.4, 0.5) is 0 Å². The molecule has 0 aromatic rings. The van der Waals surface area contributed by atoms with Crippen molar-refractivity contribution < 1.29 is 19.7 Å². The Hall–Kier alpha value is -0.610. The molecular formula is C23H48O4. The van der Waals surface area contributed by atoms with Crippen LogP contribution in [0.15, 0.2) is 0 Å². The van der Waals surface area contributed by atoms with Gasteiger partial charge in [0, 0.05) is 13.0 Å². The van der Waals surface area contributed by atoms with E-state index >= 15 is 0 Å². The van der Waals surface area contributed by atoms with Crippen LogP contribution in [-0.2, 0) is 9.53 Å². The van der Waals surface area contributed by atoms with E-state index in [0.717, 1.165) is 12.8 Å². The van der Waals surface area contributed by atoms with Crippen LogP contribution in [0.2, 0.25) is 0 Å². The number of aliphatic carboxylic acids is 1. The zero-order valence-corrected chi connectivity index (χ0v) is 18.5. The maximum atomic E-state index is 10.3. The van der Waals surface area contributed by atoms with E-state index in [-0.39, 0.29) is 0 Å². The van der Waals surface area contributed by atoms with E-state index in [1.165, 1.54) is 83.5 Å². The Bertz CT molecular complexity index is 282. The van der Waals surface area contributed by atoms with Crippen LogP contribution in [0.5, 0.6) is 0 Å². The molecule has 1 unspecified atom stereocenters. The van der Waals surface area contributed by atoms with Crippen molar-refractivity contribution in [2.75, 3.05) is 6.61 Å². The highest BCUT2D eigenvalue weighted by Crippen LogP contribution is 2.13. The molecule has 2 N–H and O–H groups in total. The highest BCUT2D eigenvalue weighted by Gasteiger charge is 1.97. The standard InChI is InChI=1S/C18H36O2.C5H12O2/c1-2-3-4-5-6-7-8-9-10-11-12-13-14-15-16-17-18(19)20;1-3-5(6)7-4-2/h2-17H2,1H3,(H,19,20);5-6H,3-4H2,1-2H3. The first-order chi connectivity index (χ1) is 13.1. The molecule has 0 aliphatic carbocycles. The van der Waals surface area contributed by atoms with Crippen molar-refractivity contribution in [3.05, 3.63) is 0 Å². The number of rotatable bonds is 19. The largest absolute Gasteiger partial charge is 0.481 e. The molecule has 0 saturated heterocycles. The molecule has 0 aromatic carbocycles. The van der Waals surface area contributed by atoms with Crippen LogP contribution in [-0.4, -0.2) is 29.1 Å². The van der Waals surface area contributed by atoms with Gasteiger partial charge >= 0.3 is 5.97 Å². The molecule has 1 atom stereocenters. The van der Waals surface area contributed by atoms with Crippen molar-refractivity contribution >= 4 is 5.97 Å². The molecular weight excluding hydrogens is 340 g/mol. The predicted molar refractivity (Wildman–Crippen MR) is 115 cm³/mol. The topological polar surface area (TPSA) is 66.8 Å². The quantitative estimate of drug-likeness (QED) is 0.183. The zero-order valence-electron chi connectivity index (χ0n) is 18.5. The SMILES string of the molecule is CCCCCCCCCCCCCCCCCC(=O)O.CCOC(O)CC. The van der Waals surface area contributed by atoms with E-state index in [4.69, 9.17) is 14.9 Å². The van der Waals surface area contributed by atoms with Gasteiger partial charge in [-0.05, 0) is 19.8 Å². The monoisotopic (exact) mass is 388 g/mol. The summed E-state index contributed by atoms with van der Waals surface area (Å²) in [7, 11) is 0. The maximum absolute atomic E-state index is 10.3. The van der Waals surface area contributed by atoms with E-state index < -0.39 is 12.3 Å². The molecule has 0 rings (SSSR count). The first kappa shape index (κ1) is 28.6. The van der Waals surface area contributed by atoms with Gasteiger partial charge in [0.05, 0.1) is 0 Å². The van der Waals surface area contributed by atoms with Crippen LogP contribution in [0.3, 0.4) is 0 Å². The van der Waals surface area contributed by atoms with Crippen LogP contribution in [0.1, 0.15) is 130 Å². The van der Waals surface area contributed by atoms with Gasteiger partial charge in [-0.15, -0.1) is 0 Å². The molecule has 0 radical (unpaired) electrons. The molecule has 0 aromatic heterocycles. The average Bonchev–Trinajstić information content (AvgIpc) is 2.65. The lowest BCUT2D eigenvalue weighted by Gasteiger charge is -2.04. The second-order valence-electron chi connectivity index (χ2n) is 7.41. The second kappa shape index (κ2) is 25.4. The van der Waals surface area contributed by atoms with Crippen molar-refractivity contribution in [1.29, 1.82) is 0 Å². The average molecular weight is 389 g/mol. The predicted octanol–water partition coefficient (Wildman–Crippen LogP) is 7.08. The lowest BCUT2D eigenvalue weighted by Crippen LogP contribution is -2.08. The van der Waals surface area contributed by atoms with Gasteiger partial charge in [0.15, 0.2) is 6.29 Å². The summed E-state index contributed by atoms with van der Waals surface area (Å²) in [6, 6.07) is 0. The van der Waals surface area contributed by atoms with E-state index in [1.54, 1.807) is 0 Å². The van der Waals surface area contributed by atoms with Crippen LogP contribution in [0, 0.1) is 0 Å². The van der Waals surface area contributed by atoms with E-state index in [1.807, 2.05) is 13.8 Å². The Labute approximate surface area is 169 Å². The maximum Gasteiger partial charge on any atom is 0.303 e. The van der Waals surface area contributed by atoms with Gasteiger partial charge < -0.3 is 14.9 Å². The number of unbranched alkanes of at least 4 members (excludes halogenated alkanes) is 14. The van der Waals surface area contributed by atoms with E-state index in [9.17, 15) is 4.79 Å². The lowest BCUT2D eigenvalue weighted by molar-refractivity contribution is -0.137. The fourth-order valence-corrected chi connectivity index (χ4v) is 2.96. The molecule has 0 aliphatic heterocycles. The fourth-order valence-electron chi connectivity index (χ4n) is 2.96. The zero-order chi connectivity index (χ0) is 20.6. The highest BCUT2D eigenvalue weighted by atomic mass is 16.6. The van der Waals surface area contributed by atoms with Crippen LogP contribution >= 0.6 is 0 Å². The van der Waals surface area contributed by atoms with Crippen molar-refractivity contribution in [1.82, 2.24) is 0 Å². The Morgan fingerprint density at radius 1 is 0.704 bits per heavy atom. The summed E-state index contributed by atoms with van der Waals surface area (Å²) in [6.07, 6.45) is 20.3. The van der Waals surface area contributed by atoms with Crippen LogP contribution < -0.4 is 0 Å². The van der Waals surface area contributed by atoms with Crippen molar-refractivity contribution in [3.8, 4) is 0 Å². The van der Waals surface area contributed by atoms with Gasteiger partial charge in [-0.25, -0.2) is 0 Å². The number of carboxylic acids is 1. The molecule has 4 nitrogen and oxygen atoms in total. The Morgan fingerprint density at radius 3 is 1.33 bits per heavy atom. The molecule has 0 heterocycles. The third-order valence-corrected chi connectivity index (χ3v) is 4.70. The fraction of sp³-hybridized carbons (Fsp3) is 0.957. The summed E-state index contributed by atoms with van der Waals surface area (Å²) in [6.45, 7) is 6.60. The molecule has 0 spiro atoms. The summed E-state index contributed by atoms with van der Waals surface area (Å²) < 4.78 is 4.75. The number of ether oxygens (including phenoxy) is 1. The first-order valence-corrected chi connectivity index (χ1v) is 11.6. The summed E-state index contributed by atoms with van der Waals surface area (Å²) in [5.41, 5.74) is 0. The van der Waals surface area contributed by atoms with Crippen molar-refractivity contribution in [2.45, 2.75) is 136 Å². The highest BCUT2D eigenvalue weighted by molar-refractivity contribution is 5.66. The number of aliphatic hydroxyl groups is 1. The third kappa shape index (κ3) is 30.4. The minimum absolute atomic E-state index is 0.345. The number of hydrogen-bond donors (Lipinski definition) is 2. The number of aliphatic hydroxyl groups excluding tert-OH is 1. The van der Waals surface area contributed by atoms with Crippen molar-refractivity contribution in [3.63, 3.8) is 0 Å². The van der Waals surface area contributed by atoms with Gasteiger partial charge in [-0.3, -0.25) is 4.79 Å². The molecule has 27 heavy (non-hydrogen) atoms. The number of hydrogen-bond acceptors (Lipinski definition) is 3. The number of carbonyl (C=O) groups is 1. The van der Waals surface area contributed by atoms with E-state index in [2.05, 4.69) is 6.92 Å². The van der Waals surface area contributed by atoms with Crippen molar-refractivity contribution in [2.24, 2.45) is 0 Å². The second-order valence-corrected chi connectivity index (χ2v) is 7.41. The van der Waals surface area contributed by atoms with Gasteiger partial charge in [-0.1, -0.05) is 104 Å². The molecule has 164 valence electrons. The van der Waals surface area contributed by atoms with E-state index in [0.29, 0.717) is 19.4 Å². The van der Waals surface area contributed by atoms with Gasteiger partial charge in [-0.2, -0.15) is 0 Å². The Balaban J connectivity index is 0. The third-order valence-electron chi connectivity index (χ3n) is 4.70. The summed E-state index contributed by atoms with van der Waals surface area (Å²) in [4.78, 5) is 10.3. The summed E-state index contributed by atoms with van der Waals surface area (Å²) in [5, 5.41) is 17.2. The Kier molecular flexibility index (Phi) is 26.9. The molecule has 4 heteroatoms. The smallest absolute Gasteiger partial charge is 0.303 e. The van der Waals surface area contributed by atoms with Gasteiger partial charge in [0.1, 0.15) is 0 Å². The lowest BCUT2D eigenvalue weighted by atomic mass is 10.0. The van der Waals surface area contributed by atoms with Gasteiger partial charge in [0.25, 0.3) is 0 Å². The van der Waals surface area contributed by atoms with Gasteiger partial charge in [0.2, 0.25) is 0 Å². The Morgan fingerprint density at radius 2 is 1.07 bits per heavy atom. The molecule has 0 fully saturated rings. The normalized spacial score (nSPS) is 11.7. The molecule has 0 amide bonds.